The highest BCUT2D eigenvalue weighted by Gasteiger charge is 2.48. The number of benzene rings is 2. The molecule has 0 spiro atoms. The van der Waals surface area contributed by atoms with E-state index in [1.807, 2.05) is 64.1 Å². The number of ether oxygens (including phenoxy) is 2. The van der Waals surface area contributed by atoms with E-state index in [4.69, 9.17) is 21.1 Å². The molecule has 1 aromatic heterocycles. The summed E-state index contributed by atoms with van der Waals surface area (Å²) < 4.78 is 12.9. The molecule has 192 valence electrons. The summed E-state index contributed by atoms with van der Waals surface area (Å²) in [7, 11) is 0. The second-order valence-electron chi connectivity index (χ2n) is 10.9. The maximum Gasteiger partial charge on any atom is 0.410 e. The Kier molecular flexibility index (Phi) is 6.84. The number of halogens is 1. The van der Waals surface area contributed by atoms with Crippen LogP contribution in [0.4, 0.5) is 4.79 Å². The van der Waals surface area contributed by atoms with Gasteiger partial charge in [0.05, 0.1) is 11.4 Å². The molecule has 0 radical (unpaired) electrons. The molecule has 1 aliphatic rings. The van der Waals surface area contributed by atoms with Crippen molar-refractivity contribution in [3.8, 4) is 5.75 Å². The van der Waals surface area contributed by atoms with Gasteiger partial charge in [0, 0.05) is 29.0 Å². The monoisotopic (exact) mass is 513 g/mol. The summed E-state index contributed by atoms with van der Waals surface area (Å²) in [5.74, 6) is 0.529. The standard InChI is InChI=1S/C28H34ClN2O5/c1-17-14-23(29)31(34)21-15-20-22(16-19(17)21)35-28(5,6)25(32)24(20)30(26(33)36-27(2,3)4)13-12-18-10-8-7-9-11-18/h7-11,14-16,24-25,32,34H,12-13H2,1-6H3/q+1/t24-,25+/m0/s1. The summed E-state index contributed by atoms with van der Waals surface area (Å²) in [5, 5.41) is 23.1. The summed E-state index contributed by atoms with van der Waals surface area (Å²) in [6, 6.07) is 14.3. The van der Waals surface area contributed by atoms with Crippen molar-refractivity contribution >= 4 is 28.6 Å². The van der Waals surface area contributed by atoms with Crippen LogP contribution in [-0.2, 0) is 11.2 Å². The lowest BCUT2D eigenvalue weighted by Crippen LogP contribution is -2.55. The highest BCUT2D eigenvalue weighted by Crippen LogP contribution is 2.45. The van der Waals surface area contributed by atoms with Gasteiger partial charge in [0.15, 0.2) is 0 Å². The molecule has 1 amide bonds. The maximum atomic E-state index is 13.6. The Balaban J connectivity index is 1.87. The normalized spacial score (nSPS) is 18.9. The first-order valence-electron chi connectivity index (χ1n) is 12.1. The molecule has 7 nitrogen and oxygen atoms in total. The van der Waals surface area contributed by atoms with E-state index < -0.39 is 29.4 Å². The molecule has 2 aromatic carbocycles. The van der Waals surface area contributed by atoms with Gasteiger partial charge >= 0.3 is 11.2 Å². The summed E-state index contributed by atoms with van der Waals surface area (Å²) in [6.45, 7) is 11.2. The fourth-order valence-corrected chi connectivity index (χ4v) is 4.87. The summed E-state index contributed by atoms with van der Waals surface area (Å²) in [4.78, 5) is 15.1. The number of carbonyl (C=O) groups is 1. The van der Waals surface area contributed by atoms with Crippen LogP contribution in [-0.4, -0.2) is 45.2 Å². The molecule has 0 saturated heterocycles. The first-order chi connectivity index (χ1) is 16.8. The van der Waals surface area contributed by atoms with E-state index in [0.29, 0.717) is 29.8 Å². The lowest BCUT2D eigenvalue weighted by atomic mass is 9.84. The molecule has 2 heterocycles. The van der Waals surface area contributed by atoms with Crippen LogP contribution in [0, 0.1) is 6.92 Å². The predicted molar refractivity (Wildman–Crippen MR) is 138 cm³/mol. The molecule has 4 rings (SSSR count). The fourth-order valence-electron chi connectivity index (χ4n) is 4.62. The van der Waals surface area contributed by atoms with Gasteiger partial charge in [-0.25, -0.2) is 4.79 Å². The SMILES string of the molecule is Cc1cc(Cl)[n+](O)c2cc3c(cc12)OC(C)(C)[C@H](O)[C@H]3N(CCc1ccccc1)C(=O)OC(C)(C)C. The Bertz CT molecular complexity index is 1290. The van der Waals surface area contributed by atoms with Gasteiger partial charge < -0.3 is 14.6 Å². The molecular weight excluding hydrogens is 480 g/mol. The maximum absolute atomic E-state index is 13.6. The molecule has 8 heteroatoms. The van der Waals surface area contributed by atoms with Crippen molar-refractivity contribution in [2.24, 2.45) is 0 Å². The Labute approximate surface area is 216 Å². The van der Waals surface area contributed by atoms with Gasteiger partial charge in [0.25, 0.3) is 5.52 Å². The van der Waals surface area contributed by atoms with E-state index in [1.54, 1.807) is 30.9 Å². The van der Waals surface area contributed by atoms with E-state index in [9.17, 15) is 15.1 Å². The highest BCUT2D eigenvalue weighted by molar-refractivity contribution is 6.28. The number of aromatic nitrogens is 1. The average Bonchev–Trinajstić information content (AvgIpc) is 2.78. The van der Waals surface area contributed by atoms with Gasteiger partial charge in [-0.1, -0.05) is 30.3 Å². The van der Waals surface area contributed by atoms with Crippen LogP contribution in [0.1, 0.15) is 57.4 Å². The number of aliphatic hydroxyl groups excluding tert-OH is 1. The van der Waals surface area contributed by atoms with Crippen molar-refractivity contribution in [1.29, 1.82) is 0 Å². The summed E-state index contributed by atoms with van der Waals surface area (Å²) in [5.41, 5.74) is 1.22. The second kappa shape index (κ2) is 9.45. The predicted octanol–water partition coefficient (Wildman–Crippen LogP) is 5.38. The number of hydrogen-bond acceptors (Lipinski definition) is 5. The topological polar surface area (TPSA) is 83.1 Å². The van der Waals surface area contributed by atoms with Crippen LogP contribution in [0.2, 0.25) is 5.15 Å². The summed E-state index contributed by atoms with van der Waals surface area (Å²) >= 11 is 6.24. The van der Waals surface area contributed by atoms with Gasteiger partial charge in [0.2, 0.25) is 0 Å². The second-order valence-corrected chi connectivity index (χ2v) is 11.3. The first kappa shape index (κ1) is 26.0. The molecule has 0 unspecified atom stereocenters. The van der Waals surface area contributed by atoms with Gasteiger partial charge in [0.1, 0.15) is 23.1 Å². The van der Waals surface area contributed by atoms with Gasteiger partial charge in [-0.2, -0.15) is 0 Å². The Morgan fingerprint density at radius 3 is 2.50 bits per heavy atom. The van der Waals surface area contributed by atoms with Crippen molar-refractivity contribution in [3.63, 3.8) is 0 Å². The van der Waals surface area contributed by atoms with Crippen LogP contribution < -0.4 is 9.47 Å². The number of aryl methyl sites for hydroxylation is 1. The average molecular weight is 514 g/mol. The third kappa shape index (κ3) is 5.08. The van der Waals surface area contributed by atoms with E-state index in [-0.39, 0.29) is 5.15 Å². The van der Waals surface area contributed by atoms with Gasteiger partial charge in [-0.3, -0.25) is 10.1 Å². The highest BCUT2D eigenvalue weighted by atomic mass is 35.5. The molecule has 2 N–H and O–H groups in total. The molecule has 36 heavy (non-hydrogen) atoms. The molecule has 2 atom stereocenters. The van der Waals surface area contributed by atoms with Gasteiger partial charge in [-0.05, 0) is 76.8 Å². The van der Waals surface area contributed by atoms with Crippen molar-refractivity contribution < 1.29 is 29.3 Å². The lowest BCUT2D eigenvalue weighted by Gasteiger charge is -2.46. The lowest BCUT2D eigenvalue weighted by molar-refractivity contribution is -0.882. The van der Waals surface area contributed by atoms with E-state index in [2.05, 4.69) is 0 Å². The molecule has 0 fully saturated rings. The Hall–Kier alpha value is -3.03. The smallest absolute Gasteiger partial charge is 0.410 e. The minimum Gasteiger partial charge on any atom is -0.485 e. The van der Waals surface area contributed by atoms with Crippen molar-refractivity contribution in [2.45, 2.75) is 71.3 Å². The minimum atomic E-state index is -1.07. The van der Waals surface area contributed by atoms with Crippen LogP contribution >= 0.6 is 11.6 Å². The van der Waals surface area contributed by atoms with Crippen LogP contribution in [0.25, 0.3) is 10.9 Å². The largest absolute Gasteiger partial charge is 0.485 e. The number of aliphatic hydroxyl groups is 1. The minimum absolute atomic E-state index is 0.155. The van der Waals surface area contributed by atoms with E-state index in [1.165, 1.54) is 0 Å². The van der Waals surface area contributed by atoms with Gasteiger partial charge in [-0.15, -0.1) is 0 Å². The van der Waals surface area contributed by atoms with Crippen molar-refractivity contribution in [2.75, 3.05) is 6.54 Å². The van der Waals surface area contributed by atoms with Crippen LogP contribution in [0.15, 0.2) is 48.5 Å². The number of rotatable bonds is 4. The number of nitrogens with zero attached hydrogens (tertiary/aromatic N) is 2. The Morgan fingerprint density at radius 1 is 1.19 bits per heavy atom. The zero-order valence-corrected chi connectivity index (χ0v) is 22.3. The number of amides is 1. The van der Waals surface area contributed by atoms with Crippen molar-refractivity contribution in [3.05, 3.63) is 70.4 Å². The zero-order chi connectivity index (χ0) is 26.4. The first-order valence-corrected chi connectivity index (χ1v) is 12.4. The molecule has 3 aromatic rings. The van der Waals surface area contributed by atoms with Crippen LogP contribution in [0.3, 0.4) is 0 Å². The zero-order valence-electron chi connectivity index (χ0n) is 21.6. The molecule has 0 bridgehead atoms. The van der Waals surface area contributed by atoms with Crippen molar-refractivity contribution in [1.82, 2.24) is 4.90 Å². The molecule has 0 aliphatic carbocycles. The quantitative estimate of drug-likeness (QED) is 0.278. The third-order valence-electron chi connectivity index (χ3n) is 6.47. The molecular formula is C28H34ClN2O5+. The number of fused-ring (bicyclic) bond motifs is 2. The van der Waals surface area contributed by atoms with E-state index >= 15 is 0 Å². The van der Waals surface area contributed by atoms with Crippen LogP contribution in [0.5, 0.6) is 5.75 Å². The number of carbonyl (C=O) groups excluding carboxylic acids is 1. The summed E-state index contributed by atoms with van der Waals surface area (Å²) in [6.07, 6.45) is -1.04. The molecule has 1 aliphatic heterocycles. The van der Waals surface area contributed by atoms with E-state index in [0.717, 1.165) is 21.2 Å². The fraction of sp³-hybridized carbons (Fsp3) is 0.429. The molecule has 0 saturated carbocycles. The number of pyridine rings is 1. The third-order valence-corrected chi connectivity index (χ3v) is 6.74. The number of hydrogen-bond donors (Lipinski definition) is 2. The Morgan fingerprint density at radius 2 is 1.86 bits per heavy atom.